The Bertz CT molecular complexity index is 1200. The number of halogens is 2. The van der Waals surface area contributed by atoms with Gasteiger partial charge in [-0.2, -0.15) is 4.98 Å². The Labute approximate surface area is 213 Å². The number of aliphatic hydroxyl groups is 1. The summed E-state index contributed by atoms with van der Waals surface area (Å²) in [5.74, 6) is 1.07. The van der Waals surface area contributed by atoms with Gasteiger partial charge in [0.15, 0.2) is 0 Å². The molecule has 1 saturated heterocycles. The SMILES string of the molecule is O=C(O)N1CC(O)(c2ccc(-c3noc(CCC4(c5cc(Cl)cc(Cl)c5)CCCCC4)n3)cc2)C1. The van der Waals surface area contributed by atoms with Crippen LogP contribution in [0.2, 0.25) is 10.0 Å². The molecule has 1 aromatic heterocycles. The van der Waals surface area contributed by atoms with Gasteiger partial charge >= 0.3 is 6.09 Å². The first-order valence-electron chi connectivity index (χ1n) is 11.9. The molecule has 7 nitrogen and oxygen atoms in total. The fourth-order valence-electron chi connectivity index (χ4n) is 5.42. The van der Waals surface area contributed by atoms with E-state index in [1.165, 1.54) is 29.7 Å². The Morgan fingerprint density at radius 2 is 1.66 bits per heavy atom. The summed E-state index contributed by atoms with van der Waals surface area (Å²) in [6.45, 7) is 0.126. The van der Waals surface area contributed by atoms with E-state index in [4.69, 9.17) is 32.8 Å². The quantitative estimate of drug-likeness (QED) is 0.413. The van der Waals surface area contributed by atoms with Gasteiger partial charge in [-0.3, -0.25) is 0 Å². The van der Waals surface area contributed by atoms with Crippen LogP contribution in [0.5, 0.6) is 0 Å². The normalized spacial score (nSPS) is 18.8. The van der Waals surface area contributed by atoms with Gasteiger partial charge in [0.25, 0.3) is 0 Å². The molecule has 2 fully saturated rings. The van der Waals surface area contributed by atoms with Crippen LogP contribution in [0.4, 0.5) is 4.79 Å². The third-order valence-electron chi connectivity index (χ3n) is 7.43. The van der Waals surface area contributed by atoms with E-state index in [0.717, 1.165) is 24.8 Å². The van der Waals surface area contributed by atoms with Crippen LogP contribution >= 0.6 is 23.2 Å². The van der Waals surface area contributed by atoms with Crippen molar-refractivity contribution in [2.24, 2.45) is 0 Å². The predicted molar refractivity (Wildman–Crippen MR) is 133 cm³/mol. The van der Waals surface area contributed by atoms with E-state index in [0.29, 0.717) is 33.7 Å². The Kier molecular flexibility index (Phi) is 6.51. The number of hydrogen-bond acceptors (Lipinski definition) is 5. The van der Waals surface area contributed by atoms with Gasteiger partial charge in [0.05, 0.1) is 13.1 Å². The van der Waals surface area contributed by atoms with Crippen LogP contribution in [0.1, 0.15) is 55.5 Å². The summed E-state index contributed by atoms with van der Waals surface area (Å²) in [6.07, 6.45) is 6.23. The van der Waals surface area contributed by atoms with Gasteiger partial charge in [0, 0.05) is 22.0 Å². The molecule has 35 heavy (non-hydrogen) atoms. The maximum absolute atomic E-state index is 11.0. The van der Waals surface area contributed by atoms with Crippen molar-refractivity contribution in [3.63, 3.8) is 0 Å². The number of amides is 1. The Hall–Kier alpha value is -2.61. The summed E-state index contributed by atoms with van der Waals surface area (Å²) in [5, 5.41) is 25.1. The van der Waals surface area contributed by atoms with Gasteiger partial charge in [-0.1, -0.05) is 71.9 Å². The summed E-state index contributed by atoms with van der Waals surface area (Å²) < 4.78 is 5.57. The topological polar surface area (TPSA) is 99.7 Å². The summed E-state index contributed by atoms with van der Waals surface area (Å²) in [7, 11) is 0. The van der Waals surface area contributed by atoms with Crippen LogP contribution in [0.25, 0.3) is 11.4 Å². The highest BCUT2D eigenvalue weighted by molar-refractivity contribution is 6.34. The average molecular weight is 516 g/mol. The van der Waals surface area contributed by atoms with Crippen molar-refractivity contribution in [2.45, 2.75) is 56.0 Å². The monoisotopic (exact) mass is 515 g/mol. The zero-order chi connectivity index (χ0) is 24.6. The van der Waals surface area contributed by atoms with Crippen molar-refractivity contribution in [2.75, 3.05) is 13.1 Å². The van der Waals surface area contributed by atoms with Crippen molar-refractivity contribution in [1.82, 2.24) is 15.0 Å². The zero-order valence-electron chi connectivity index (χ0n) is 19.2. The second-order valence-electron chi connectivity index (χ2n) is 9.76. The van der Waals surface area contributed by atoms with E-state index in [1.807, 2.05) is 24.3 Å². The number of rotatable bonds is 6. The van der Waals surface area contributed by atoms with E-state index in [1.54, 1.807) is 18.2 Å². The molecule has 1 aliphatic heterocycles. The van der Waals surface area contributed by atoms with Crippen LogP contribution in [-0.2, 0) is 17.4 Å². The Balaban J connectivity index is 1.28. The Morgan fingerprint density at radius 3 is 2.29 bits per heavy atom. The molecule has 1 saturated carbocycles. The molecule has 2 N–H and O–H groups in total. The molecule has 0 atom stereocenters. The van der Waals surface area contributed by atoms with Crippen LogP contribution in [0, 0.1) is 0 Å². The van der Waals surface area contributed by atoms with Crippen LogP contribution in [0.3, 0.4) is 0 Å². The molecule has 0 bridgehead atoms. The van der Waals surface area contributed by atoms with Crippen molar-refractivity contribution >= 4 is 29.3 Å². The van der Waals surface area contributed by atoms with Crippen molar-refractivity contribution in [3.05, 3.63) is 69.5 Å². The number of aryl methyl sites for hydroxylation is 1. The second-order valence-corrected chi connectivity index (χ2v) is 10.6. The standard InChI is InChI=1S/C26H27Cl2N3O4/c27-20-12-19(13-21(28)14-20)25(9-2-1-3-10-25)11-8-22-29-23(30-35-22)17-4-6-18(7-5-17)26(34)15-31(16-26)24(32)33/h4-7,12-14,34H,1-3,8-11,15-16H2,(H,32,33). The summed E-state index contributed by atoms with van der Waals surface area (Å²) in [6, 6.07) is 13.0. The third-order valence-corrected chi connectivity index (χ3v) is 7.86. The minimum atomic E-state index is -1.16. The van der Waals surface area contributed by atoms with Gasteiger partial charge in [-0.15, -0.1) is 0 Å². The highest BCUT2D eigenvalue weighted by Crippen LogP contribution is 2.44. The number of nitrogens with zero attached hydrogens (tertiary/aromatic N) is 3. The largest absolute Gasteiger partial charge is 0.465 e. The molecule has 1 aliphatic carbocycles. The molecular formula is C26H27Cl2N3O4. The first-order valence-corrected chi connectivity index (χ1v) is 12.6. The summed E-state index contributed by atoms with van der Waals surface area (Å²) in [4.78, 5) is 16.8. The number of benzene rings is 2. The highest BCUT2D eigenvalue weighted by Gasteiger charge is 2.45. The number of likely N-dealkylation sites (tertiary alicyclic amines) is 1. The second kappa shape index (κ2) is 9.45. The lowest BCUT2D eigenvalue weighted by Gasteiger charge is -2.45. The van der Waals surface area contributed by atoms with Crippen molar-refractivity contribution in [3.8, 4) is 11.4 Å². The number of aromatic nitrogens is 2. The molecule has 9 heteroatoms. The van der Waals surface area contributed by atoms with Gasteiger partial charge in [-0.05, 0) is 54.0 Å². The lowest BCUT2D eigenvalue weighted by Crippen LogP contribution is -2.60. The molecule has 3 aromatic rings. The van der Waals surface area contributed by atoms with Gasteiger partial charge < -0.3 is 19.6 Å². The van der Waals surface area contributed by atoms with Gasteiger partial charge in [0.1, 0.15) is 5.60 Å². The molecule has 0 spiro atoms. The highest BCUT2D eigenvalue weighted by atomic mass is 35.5. The first-order chi connectivity index (χ1) is 16.8. The fraction of sp³-hybridized carbons (Fsp3) is 0.423. The van der Waals surface area contributed by atoms with Crippen LogP contribution < -0.4 is 0 Å². The van der Waals surface area contributed by atoms with Crippen LogP contribution in [0.15, 0.2) is 47.0 Å². The molecule has 5 rings (SSSR count). The molecule has 0 unspecified atom stereocenters. The average Bonchev–Trinajstić information content (AvgIpc) is 3.30. The number of carbonyl (C=O) groups is 1. The number of hydrogen-bond donors (Lipinski definition) is 2. The van der Waals surface area contributed by atoms with Crippen molar-refractivity contribution < 1.29 is 19.5 Å². The van der Waals surface area contributed by atoms with Crippen molar-refractivity contribution in [1.29, 1.82) is 0 Å². The van der Waals surface area contributed by atoms with E-state index < -0.39 is 11.7 Å². The molecule has 184 valence electrons. The summed E-state index contributed by atoms with van der Waals surface area (Å²) in [5.41, 5.74) is 1.46. The smallest absolute Gasteiger partial charge is 0.407 e. The van der Waals surface area contributed by atoms with Gasteiger partial charge in [0.2, 0.25) is 11.7 Å². The fourth-order valence-corrected chi connectivity index (χ4v) is 5.95. The Morgan fingerprint density at radius 1 is 1.00 bits per heavy atom. The predicted octanol–water partition coefficient (Wildman–Crippen LogP) is 6.06. The minimum Gasteiger partial charge on any atom is -0.465 e. The molecule has 1 amide bonds. The van der Waals surface area contributed by atoms with Gasteiger partial charge in [-0.25, -0.2) is 4.79 Å². The molecule has 2 aliphatic rings. The minimum absolute atomic E-state index is 0.00881. The summed E-state index contributed by atoms with van der Waals surface area (Å²) >= 11 is 12.6. The molecule has 0 radical (unpaired) electrons. The lowest BCUT2D eigenvalue weighted by atomic mass is 9.67. The zero-order valence-corrected chi connectivity index (χ0v) is 20.7. The van der Waals surface area contributed by atoms with E-state index in [2.05, 4.69) is 10.1 Å². The number of β-amino-alcohol motifs (C(OH)–C–C–N with tert-alkyl or cyclic N) is 1. The van der Waals surface area contributed by atoms with Crippen LogP contribution in [-0.4, -0.2) is 44.4 Å². The first kappa shape index (κ1) is 24.1. The maximum atomic E-state index is 11.0. The third kappa shape index (κ3) is 4.90. The van der Waals surface area contributed by atoms with E-state index in [9.17, 15) is 9.90 Å². The molecular weight excluding hydrogens is 489 g/mol. The lowest BCUT2D eigenvalue weighted by molar-refractivity contribution is -0.0898. The van der Waals surface area contributed by atoms with E-state index >= 15 is 0 Å². The number of carboxylic acid groups (broad SMARTS) is 1. The molecule has 2 aromatic carbocycles. The maximum Gasteiger partial charge on any atom is 0.407 e. The van der Waals surface area contributed by atoms with E-state index in [-0.39, 0.29) is 18.5 Å². The molecule has 2 heterocycles.